The van der Waals surface area contributed by atoms with Crippen LogP contribution in [0.15, 0.2) is 108 Å². The van der Waals surface area contributed by atoms with Gasteiger partial charge in [-0.15, -0.1) is 0 Å². The second-order valence-electron chi connectivity index (χ2n) is 8.51. The van der Waals surface area contributed by atoms with E-state index < -0.39 is 5.97 Å². The summed E-state index contributed by atoms with van der Waals surface area (Å²) in [5.41, 5.74) is 6.59. The zero-order valence-electron chi connectivity index (χ0n) is 19.3. The molecular weight excluding hydrogens is 436 g/mol. The lowest BCUT2D eigenvalue weighted by molar-refractivity contribution is -0.137. The van der Waals surface area contributed by atoms with Gasteiger partial charge in [-0.3, -0.25) is 4.79 Å². The number of para-hydroxylation sites is 1. The predicted molar refractivity (Wildman–Crippen MR) is 139 cm³/mol. The minimum atomic E-state index is -0.803. The molecule has 0 aliphatic carbocycles. The number of fused-ring (bicyclic) bond motifs is 1. The number of benzene rings is 4. The predicted octanol–water partition coefficient (Wildman–Crippen LogP) is 7.60. The number of rotatable bonds is 9. The molecule has 1 N–H and O–H groups in total. The lowest BCUT2D eigenvalue weighted by Gasteiger charge is -2.08. The number of carbonyl (C=O) groups is 1. The van der Waals surface area contributed by atoms with Crippen molar-refractivity contribution >= 4 is 16.9 Å². The van der Waals surface area contributed by atoms with Gasteiger partial charge in [0.1, 0.15) is 17.1 Å². The van der Waals surface area contributed by atoms with Crippen LogP contribution in [0.1, 0.15) is 24.2 Å². The molecule has 4 nitrogen and oxygen atoms in total. The number of hydrogen-bond donors (Lipinski definition) is 1. The maximum Gasteiger partial charge on any atom is 0.303 e. The van der Waals surface area contributed by atoms with Crippen molar-refractivity contribution in [2.24, 2.45) is 0 Å². The minimum Gasteiger partial charge on any atom is -0.494 e. The number of hydrogen-bond acceptors (Lipinski definition) is 3. The van der Waals surface area contributed by atoms with E-state index in [1.54, 1.807) is 0 Å². The quantitative estimate of drug-likeness (QED) is 0.229. The van der Waals surface area contributed by atoms with Gasteiger partial charge in [0.05, 0.1) is 6.61 Å². The summed E-state index contributed by atoms with van der Waals surface area (Å²) < 4.78 is 11.9. The van der Waals surface area contributed by atoms with E-state index in [2.05, 4.69) is 54.6 Å². The highest BCUT2D eigenvalue weighted by molar-refractivity contribution is 5.96. The van der Waals surface area contributed by atoms with Crippen LogP contribution in [0.3, 0.4) is 0 Å². The summed E-state index contributed by atoms with van der Waals surface area (Å²) in [6, 6.07) is 35.0. The van der Waals surface area contributed by atoms with Crippen LogP contribution in [0.5, 0.6) is 5.75 Å². The van der Waals surface area contributed by atoms with Crippen molar-refractivity contribution in [3.63, 3.8) is 0 Å². The number of furan rings is 1. The Morgan fingerprint density at radius 2 is 1.37 bits per heavy atom. The second-order valence-corrected chi connectivity index (χ2v) is 8.51. The molecule has 5 aromatic rings. The van der Waals surface area contributed by atoms with Crippen LogP contribution in [0.25, 0.3) is 33.2 Å². The van der Waals surface area contributed by atoms with Crippen molar-refractivity contribution < 1.29 is 19.1 Å². The zero-order valence-corrected chi connectivity index (χ0v) is 19.3. The Labute approximate surface area is 204 Å². The monoisotopic (exact) mass is 462 g/mol. The number of ether oxygens (including phenoxy) is 1. The molecule has 0 fully saturated rings. The maximum atomic E-state index is 10.6. The molecule has 0 saturated carbocycles. The topological polar surface area (TPSA) is 59.7 Å². The van der Waals surface area contributed by atoms with Crippen LogP contribution >= 0.6 is 0 Å². The van der Waals surface area contributed by atoms with Gasteiger partial charge in [-0.2, -0.15) is 0 Å². The molecule has 0 saturated heterocycles. The first kappa shape index (κ1) is 22.5. The van der Waals surface area contributed by atoms with Gasteiger partial charge in [-0.25, -0.2) is 0 Å². The van der Waals surface area contributed by atoms with E-state index in [4.69, 9.17) is 14.3 Å². The highest BCUT2D eigenvalue weighted by Crippen LogP contribution is 2.37. The van der Waals surface area contributed by atoms with Crippen molar-refractivity contribution in [3.8, 4) is 28.0 Å². The molecule has 4 heteroatoms. The molecule has 0 bridgehead atoms. The first-order valence-corrected chi connectivity index (χ1v) is 11.8. The molecule has 0 aliphatic heterocycles. The fraction of sp³-hybridized carbons (Fsp3) is 0.129. The molecule has 1 heterocycles. The van der Waals surface area contributed by atoms with E-state index in [9.17, 15) is 4.79 Å². The molecule has 0 spiro atoms. The summed E-state index contributed by atoms with van der Waals surface area (Å²) in [5.74, 6) is 0.906. The zero-order chi connectivity index (χ0) is 24.0. The van der Waals surface area contributed by atoms with E-state index in [0.29, 0.717) is 13.0 Å². The molecule has 0 aliphatic rings. The molecule has 0 amide bonds. The summed E-state index contributed by atoms with van der Waals surface area (Å²) in [6.07, 6.45) is 1.34. The average molecular weight is 463 g/mol. The number of carboxylic acids is 1. The summed E-state index contributed by atoms with van der Waals surface area (Å²) in [4.78, 5) is 10.6. The molecule has 0 unspecified atom stereocenters. The summed E-state index contributed by atoms with van der Waals surface area (Å²) in [7, 11) is 0. The van der Waals surface area contributed by atoms with Crippen LogP contribution in [0.2, 0.25) is 0 Å². The smallest absolute Gasteiger partial charge is 0.303 e. The molecule has 5 rings (SSSR count). The largest absolute Gasteiger partial charge is 0.494 e. The lowest BCUT2D eigenvalue weighted by Crippen LogP contribution is -2.01. The normalized spacial score (nSPS) is 11.0. The number of carboxylic acid groups (broad SMARTS) is 1. The summed E-state index contributed by atoms with van der Waals surface area (Å²) >= 11 is 0. The molecule has 4 aromatic carbocycles. The highest BCUT2D eigenvalue weighted by Gasteiger charge is 2.16. The lowest BCUT2D eigenvalue weighted by atomic mass is 9.96. The third-order valence-corrected chi connectivity index (χ3v) is 6.04. The van der Waals surface area contributed by atoms with Crippen LogP contribution in [0, 0.1) is 0 Å². The van der Waals surface area contributed by atoms with Gasteiger partial charge in [-0.1, -0.05) is 84.9 Å². The molecule has 0 atom stereocenters. The Bertz CT molecular complexity index is 1420. The van der Waals surface area contributed by atoms with Crippen molar-refractivity contribution in [2.75, 3.05) is 6.61 Å². The Morgan fingerprint density at radius 1 is 0.743 bits per heavy atom. The van der Waals surface area contributed by atoms with Crippen LogP contribution in [0.4, 0.5) is 0 Å². The Kier molecular flexibility index (Phi) is 6.62. The van der Waals surface area contributed by atoms with Gasteiger partial charge in [-0.05, 0) is 46.9 Å². The van der Waals surface area contributed by atoms with Crippen molar-refractivity contribution in [3.05, 3.63) is 114 Å². The van der Waals surface area contributed by atoms with E-state index in [0.717, 1.165) is 51.2 Å². The van der Waals surface area contributed by atoms with Gasteiger partial charge in [0.2, 0.25) is 0 Å². The Balaban J connectivity index is 1.37. The first-order chi connectivity index (χ1) is 17.2. The van der Waals surface area contributed by atoms with Gasteiger partial charge < -0.3 is 14.3 Å². The fourth-order valence-corrected chi connectivity index (χ4v) is 4.30. The SMILES string of the molecule is O=C(O)CCCOc1ccc(-c2ccc(-c3c(Cc4ccccc4)oc4ccccc34)cc2)cc1. The maximum absolute atomic E-state index is 10.6. The minimum absolute atomic E-state index is 0.115. The van der Waals surface area contributed by atoms with Crippen molar-refractivity contribution in [1.82, 2.24) is 0 Å². The van der Waals surface area contributed by atoms with Gasteiger partial charge in [0.15, 0.2) is 0 Å². The summed E-state index contributed by atoms with van der Waals surface area (Å²) in [5, 5.41) is 9.85. The van der Waals surface area contributed by atoms with Gasteiger partial charge in [0.25, 0.3) is 0 Å². The molecule has 35 heavy (non-hydrogen) atoms. The molecule has 1 aromatic heterocycles. The van der Waals surface area contributed by atoms with Gasteiger partial charge >= 0.3 is 5.97 Å². The van der Waals surface area contributed by atoms with E-state index in [1.165, 1.54) is 5.56 Å². The Hall–Kier alpha value is -4.31. The van der Waals surface area contributed by atoms with Crippen LogP contribution < -0.4 is 4.74 Å². The summed E-state index contributed by atoms with van der Waals surface area (Å²) in [6.45, 7) is 0.393. The van der Waals surface area contributed by atoms with E-state index in [-0.39, 0.29) is 6.42 Å². The second kappa shape index (κ2) is 10.3. The van der Waals surface area contributed by atoms with Crippen LogP contribution in [-0.4, -0.2) is 17.7 Å². The average Bonchev–Trinajstić information content (AvgIpc) is 3.25. The Morgan fingerprint density at radius 3 is 2.09 bits per heavy atom. The van der Waals surface area contributed by atoms with E-state index >= 15 is 0 Å². The standard InChI is InChI=1S/C31H26O4/c32-30(33)11-6-20-34-26-18-16-24(17-19-26)23-12-14-25(15-13-23)31-27-9-4-5-10-28(27)35-29(31)21-22-7-2-1-3-8-22/h1-5,7-10,12-19H,6,11,20-21H2,(H,32,33). The first-order valence-electron chi connectivity index (χ1n) is 11.8. The highest BCUT2D eigenvalue weighted by atomic mass is 16.5. The third-order valence-electron chi connectivity index (χ3n) is 6.04. The van der Waals surface area contributed by atoms with Crippen molar-refractivity contribution in [1.29, 1.82) is 0 Å². The van der Waals surface area contributed by atoms with Gasteiger partial charge in [0, 0.05) is 23.8 Å². The third kappa shape index (κ3) is 5.28. The van der Waals surface area contributed by atoms with Crippen LogP contribution in [-0.2, 0) is 11.2 Å². The van der Waals surface area contributed by atoms with E-state index in [1.807, 2.05) is 48.5 Å². The fourth-order valence-electron chi connectivity index (χ4n) is 4.30. The molecule has 174 valence electrons. The molecule has 0 radical (unpaired) electrons. The number of aliphatic carboxylic acids is 1. The molecular formula is C31H26O4. The van der Waals surface area contributed by atoms with Crippen molar-refractivity contribution in [2.45, 2.75) is 19.3 Å².